The number of carbonyl (C=O) groups is 2. The van der Waals surface area contributed by atoms with E-state index in [0.29, 0.717) is 23.4 Å². The van der Waals surface area contributed by atoms with Gasteiger partial charge in [-0.1, -0.05) is 31.2 Å². The monoisotopic (exact) mass is 382 g/mol. The van der Waals surface area contributed by atoms with Crippen molar-refractivity contribution in [2.75, 3.05) is 38.2 Å². The molecule has 3 N–H and O–H groups in total. The number of quaternary nitrogens is 1. The van der Waals surface area contributed by atoms with Crippen LogP contribution < -0.4 is 15.5 Å². The first-order valence-corrected chi connectivity index (χ1v) is 9.86. The summed E-state index contributed by atoms with van der Waals surface area (Å²) in [7, 11) is 0. The first-order valence-electron chi connectivity index (χ1n) is 9.86. The van der Waals surface area contributed by atoms with E-state index in [1.165, 1.54) is 10.5 Å². The number of nitrogens with one attached hydrogen (secondary N) is 3. The van der Waals surface area contributed by atoms with Crippen LogP contribution in [0.1, 0.15) is 39.6 Å². The molecular weight excluding hydrogens is 354 g/mol. The molecule has 28 heavy (non-hydrogen) atoms. The smallest absolute Gasteiger partial charge is 0.255 e. The largest absolute Gasteiger partial charge is 0.370 e. The fourth-order valence-electron chi connectivity index (χ4n) is 3.22. The van der Waals surface area contributed by atoms with Gasteiger partial charge in [-0.25, -0.2) is 0 Å². The van der Waals surface area contributed by atoms with Gasteiger partial charge < -0.3 is 20.3 Å². The number of anilines is 1. The van der Waals surface area contributed by atoms with Gasteiger partial charge in [0.05, 0.1) is 24.5 Å². The van der Waals surface area contributed by atoms with E-state index in [-0.39, 0.29) is 11.8 Å². The van der Waals surface area contributed by atoms with Crippen LogP contribution in [0.4, 0.5) is 5.69 Å². The minimum Gasteiger partial charge on any atom is -0.370 e. The Hall–Kier alpha value is -2.70. The quantitative estimate of drug-likeness (QED) is 0.680. The number of carbonyl (C=O) groups excluding carboxylic acids is 2. The first kappa shape index (κ1) is 20.0. The Morgan fingerprint density at radius 1 is 1.00 bits per heavy atom. The molecule has 2 amide bonds. The third-order valence-corrected chi connectivity index (χ3v) is 4.83. The van der Waals surface area contributed by atoms with Crippen LogP contribution in [0.3, 0.4) is 0 Å². The van der Waals surface area contributed by atoms with Crippen LogP contribution in [0.5, 0.6) is 0 Å². The molecule has 1 saturated heterocycles. The number of morpholine rings is 1. The molecule has 1 aliphatic rings. The molecular formula is C22H28N3O3+. The second kappa shape index (κ2) is 10.0. The molecule has 6 heteroatoms. The molecule has 0 aromatic heterocycles. The van der Waals surface area contributed by atoms with E-state index in [2.05, 4.69) is 10.6 Å². The molecule has 1 aliphatic heterocycles. The van der Waals surface area contributed by atoms with Gasteiger partial charge in [-0.05, 0) is 30.7 Å². The molecule has 0 saturated carbocycles. The average molecular weight is 382 g/mol. The van der Waals surface area contributed by atoms with Gasteiger partial charge in [0, 0.05) is 17.7 Å². The number of ether oxygens (including phenoxy) is 1. The topological polar surface area (TPSA) is 71.9 Å². The van der Waals surface area contributed by atoms with Crippen LogP contribution in [0, 0.1) is 0 Å². The van der Waals surface area contributed by atoms with Gasteiger partial charge in [0.1, 0.15) is 19.6 Å². The summed E-state index contributed by atoms with van der Waals surface area (Å²) in [5, 5.41) is 5.71. The lowest BCUT2D eigenvalue weighted by Gasteiger charge is -2.23. The van der Waals surface area contributed by atoms with Gasteiger partial charge in [0.2, 0.25) is 0 Å². The fraction of sp³-hybridized carbons (Fsp3) is 0.364. The molecule has 0 atom stereocenters. The number of rotatable bonds is 7. The first-order chi connectivity index (χ1) is 13.7. The van der Waals surface area contributed by atoms with Crippen molar-refractivity contribution < 1.29 is 19.2 Å². The third kappa shape index (κ3) is 5.41. The number of amides is 2. The molecule has 0 aliphatic carbocycles. The van der Waals surface area contributed by atoms with Crippen molar-refractivity contribution >= 4 is 17.5 Å². The summed E-state index contributed by atoms with van der Waals surface area (Å²) in [4.78, 5) is 26.4. The molecule has 148 valence electrons. The summed E-state index contributed by atoms with van der Waals surface area (Å²) in [5.74, 6) is -0.400. The highest BCUT2D eigenvalue weighted by Gasteiger charge is 2.16. The fourth-order valence-corrected chi connectivity index (χ4v) is 3.22. The summed E-state index contributed by atoms with van der Waals surface area (Å²) >= 11 is 0. The molecule has 3 rings (SSSR count). The third-order valence-electron chi connectivity index (χ3n) is 4.83. The van der Waals surface area contributed by atoms with Crippen LogP contribution in [-0.2, 0) is 11.3 Å². The van der Waals surface area contributed by atoms with E-state index in [0.717, 1.165) is 39.3 Å². The summed E-state index contributed by atoms with van der Waals surface area (Å²) in [5.41, 5.74) is 2.76. The lowest BCUT2D eigenvalue weighted by Crippen LogP contribution is -3.12. The zero-order chi connectivity index (χ0) is 19.8. The number of hydrogen-bond donors (Lipinski definition) is 3. The van der Waals surface area contributed by atoms with E-state index < -0.39 is 0 Å². The van der Waals surface area contributed by atoms with E-state index >= 15 is 0 Å². The van der Waals surface area contributed by atoms with Gasteiger partial charge in [-0.2, -0.15) is 0 Å². The standard InChI is InChI=1S/C22H27N3O3/c1-2-11-23-22(27)19-5-3-4-6-20(19)24-21(26)18-9-7-17(8-10-18)16-25-12-14-28-15-13-25/h3-10H,2,11-16H2,1H3,(H,23,27)(H,24,26)/p+1. The lowest BCUT2D eigenvalue weighted by molar-refractivity contribution is -0.921. The van der Waals surface area contributed by atoms with Crippen LogP contribution in [0.2, 0.25) is 0 Å². The Bertz CT molecular complexity index is 799. The highest BCUT2D eigenvalue weighted by Crippen LogP contribution is 2.16. The Balaban J connectivity index is 1.64. The summed E-state index contributed by atoms with van der Waals surface area (Å²) in [6.45, 7) is 7.18. The molecule has 1 heterocycles. The van der Waals surface area contributed by atoms with Crippen molar-refractivity contribution in [1.82, 2.24) is 5.32 Å². The van der Waals surface area contributed by atoms with Gasteiger partial charge in [0.25, 0.3) is 11.8 Å². The highest BCUT2D eigenvalue weighted by molar-refractivity contribution is 6.09. The van der Waals surface area contributed by atoms with E-state index in [1.54, 1.807) is 24.3 Å². The molecule has 0 radical (unpaired) electrons. The minimum absolute atomic E-state index is 0.179. The molecule has 2 aromatic rings. The minimum atomic E-state index is -0.221. The Labute approximate surface area is 165 Å². The second-order valence-electron chi connectivity index (χ2n) is 6.99. The molecule has 6 nitrogen and oxygen atoms in total. The van der Waals surface area contributed by atoms with Crippen LogP contribution in [0.25, 0.3) is 0 Å². The van der Waals surface area contributed by atoms with Gasteiger partial charge in [0.15, 0.2) is 0 Å². The number of hydrogen-bond acceptors (Lipinski definition) is 3. The predicted octanol–water partition coefficient (Wildman–Crippen LogP) is 1.49. The maximum Gasteiger partial charge on any atom is 0.255 e. The lowest BCUT2D eigenvalue weighted by atomic mass is 10.1. The number of benzene rings is 2. The number of para-hydroxylation sites is 1. The maximum atomic E-state index is 12.6. The SMILES string of the molecule is CCCNC(=O)c1ccccc1NC(=O)c1ccc(C[NH+]2CCOCC2)cc1. The zero-order valence-electron chi connectivity index (χ0n) is 16.3. The Morgan fingerprint density at radius 3 is 2.43 bits per heavy atom. The van der Waals surface area contributed by atoms with Crippen molar-refractivity contribution in [2.24, 2.45) is 0 Å². The zero-order valence-corrected chi connectivity index (χ0v) is 16.3. The van der Waals surface area contributed by atoms with E-state index in [9.17, 15) is 9.59 Å². The molecule has 0 unspecified atom stereocenters. The summed E-state index contributed by atoms with van der Waals surface area (Å²) < 4.78 is 5.39. The van der Waals surface area contributed by atoms with Crippen molar-refractivity contribution in [2.45, 2.75) is 19.9 Å². The van der Waals surface area contributed by atoms with Gasteiger partial charge in [-0.15, -0.1) is 0 Å². The van der Waals surface area contributed by atoms with Gasteiger partial charge >= 0.3 is 0 Å². The van der Waals surface area contributed by atoms with Crippen molar-refractivity contribution in [3.63, 3.8) is 0 Å². The Morgan fingerprint density at radius 2 is 1.71 bits per heavy atom. The van der Waals surface area contributed by atoms with Gasteiger partial charge in [-0.3, -0.25) is 9.59 Å². The maximum absolute atomic E-state index is 12.6. The van der Waals surface area contributed by atoms with E-state index in [4.69, 9.17) is 4.74 Å². The van der Waals surface area contributed by atoms with Crippen LogP contribution in [-0.4, -0.2) is 44.7 Å². The van der Waals surface area contributed by atoms with Crippen LogP contribution in [0.15, 0.2) is 48.5 Å². The second-order valence-corrected chi connectivity index (χ2v) is 6.99. The van der Waals surface area contributed by atoms with Crippen molar-refractivity contribution in [3.8, 4) is 0 Å². The summed E-state index contributed by atoms with van der Waals surface area (Å²) in [6, 6.07) is 14.7. The molecule has 0 bridgehead atoms. The normalized spacial score (nSPS) is 14.5. The summed E-state index contributed by atoms with van der Waals surface area (Å²) in [6.07, 6.45) is 0.860. The molecule has 2 aromatic carbocycles. The molecule has 1 fully saturated rings. The van der Waals surface area contributed by atoms with E-state index in [1.807, 2.05) is 31.2 Å². The van der Waals surface area contributed by atoms with Crippen LogP contribution >= 0.6 is 0 Å². The Kier molecular flexibility index (Phi) is 7.17. The van der Waals surface area contributed by atoms with Crippen molar-refractivity contribution in [1.29, 1.82) is 0 Å². The van der Waals surface area contributed by atoms with Crippen molar-refractivity contribution in [3.05, 3.63) is 65.2 Å². The highest BCUT2D eigenvalue weighted by atomic mass is 16.5. The average Bonchev–Trinajstić information content (AvgIpc) is 2.73. The predicted molar refractivity (Wildman–Crippen MR) is 109 cm³/mol. The molecule has 0 spiro atoms.